The Morgan fingerprint density at radius 2 is 1.79 bits per heavy atom. The molecule has 4 N–H and O–H groups in total. The molecule has 0 bridgehead atoms. The van der Waals surface area contributed by atoms with Gasteiger partial charge < -0.3 is 40.4 Å². The lowest BCUT2D eigenvalue weighted by atomic mass is 10.1. The first kappa shape index (κ1) is 31.7. The summed E-state index contributed by atoms with van der Waals surface area (Å²) in [6, 6.07) is 8.10. The van der Waals surface area contributed by atoms with Crippen molar-refractivity contribution in [2.24, 2.45) is 0 Å². The molecule has 0 aromatic heterocycles. The van der Waals surface area contributed by atoms with E-state index in [1.54, 1.807) is 17.0 Å². The Balaban J connectivity index is 1.33. The van der Waals surface area contributed by atoms with Gasteiger partial charge >= 0.3 is 0 Å². The molecule has 1 aliphatic carbocycles. The zero-order valence-electron chi connectivity index (χ0n) is 24.3. The van der Waals surface area contributed by atoms with Crippen LogP contribution in [-0.2, 0) is 28.7 Å². The number of hydrogen-bond acceptors (Lipinski definition) is 8. The number of fused-ring (bicyclic) bond motifs is 1. The number of hydrogen-bond donors (Lipinski definition) is 4. The molecule has 1 saturated carbocycles. The molecule has 2 heterocycles. The number of amides is 4. The molecule has 2 aliphatic heterocycles. The lowest BCUT2D eigenvalue weighted by molar-refractivity contribution is -0.142. The predicted octanol–water partition coefficient (Wildman–Crippen LogP) is 0.501. The van der Waals surface area contributed by atoms with E-state index in [-0.39, 0.29) is 43.6 Å². The largest absolute Gasteiger partial charge is 0.484 e. The fraction of sp³-hybridized carbons (Fsp3) is 0.667. The van der Waals surface area contributed by atoms with Crippen molar-refractivity contribution >= 4 is 23.6 Å². The molecule has 1 aromatic rings. The highest BCUT2D eigenvalue weighted by Gasteiger charge is 2.42. The third kappa shape index (κ3) is 10.2. The number of benzene rings is 1. The van der Waals surface area contributed by atoms with Gasteiger partial charge in [0.15, 0.2) is 6.61 Å². The fourth-order valence-corrected chi connectivity index (χ4v) is 5.74. The van der Waals surface area contributed by atoms with E-state index in [4.69, 9.17) is 14.2 Å². The van der Waals surface area contributed by atoms with Gasteiger partial charge in [-0.05, 0) is 50.7 Å². The van der Waals surface area contributed by atoms with Crippen LogP contribution in [-0.4, -0.2) is 105 Å². The summed E-state index contributed by atoms with van der Waals surface area (Å²) in [5.41, 5.74) is 0. The van der Waals surface area contributed by atoms with E-state index in [0.717, 1.165) is 12.8 Å². The lowest BCUT2D eigenvalue weighted by Crippen LogP contribution is -2.54. The van der Waals surface area contributed by atoms with E-state index in [1.807, 2.05) is 18.2 Å². The molecule has 0 unspecified atom stereocenters. The normalized spacial score (nSPS) is 24.7. The van der Waals surface area contributed by atoms with Crippen LogP contribution < -0.4 is 26.0 Å². The molecule has 2 saturated heterocycles. The molecule has 12 heteroatoms. The number of carbonyl (C=O) groups is 4. The van der Waals surface area contributed by atoms with Gasteiger partial charge in [0.05, 0.1) is 19.8 Å². The van der Waals surface area contributed by atoms with E-state index in [9.17, 15) is 19.2 Å². The Kier molecular flexibility index (Phi) is 12.9. The monoisotopic (exact) mass is 587 g/mol. The highest BCUT2D eigenvalue weighted by Crippen LogP contribution is 2.24. The second kappa shape index (κ2) is 17.0. The number of carbonyl (C=O) groups excluding carboxylic acids is 4. The van der Waals surface area contributed by atoms with Gasteiger partial charge in [-0.2, -0.15) is 0 Å². The molecule has 4 amide bonds. The SMILES string of the molecule is O=C(COc1ccccc1)NCCCC[C@@H]1NC(=O)COCCOCCNC(=O)[C@@H]2C[C@H](NC3CCCC3)CN2C1=O. The van der Waals surface area contributed by atoms with Crippen LogP contribution in [0.3, 0.4) is 0 Å². The topological polar surface area (TPSA) is 147 Å². The summed E-state index contributed by atoms with van der Waals surface area (Å²) in [7, 11) is 0. The Morgan fingerprint density at radius 3 is 2.60 bits per heavy atom. The maximum absolute atomic E-state index is 13.9. The molecular formula is C30H45N5O7. The molecule has 3 fully saturated rings. The van der Waals surface area contributed by atoms with Crippen LogP contribution in [0.15, 0.2) is 30.3 Å². The van der Waals surface area contributed by atoms with Crippen molar-refractivity contribution in [1.29, 1.82) is 0 Å². The zero-order chi connectivity index (χ0) is 29.6. The molecule has 3 atom stereocenters. The lowest BCUT2D eigenvalue weighted by Gasteiger charge is -2.29. The Bertz CT molecular complexity index is 1020. The molecule has 1 aromatic carbocycles. The average molecular weight is 588 g/mol. The summed E-state index contributed by atoms with van der Waals surface area (Å²) < 4.78 is 16.4. The number of para-hydroxylation sites is 1. The molecular weight excluding hydrogens is 542 g/mol. The van der Waals surface area contributed by atoms with Crippen LogP contribution >= 0.6 is 0 Å². The minimum absolute atomic E-state index is 0.0101. The summed E-state index contributed by atoms with van der Waals surface area (Å²) in [6.45, 7) is 1.75. The van der Waals surface area contributed by atoms with Gasteiger partial charge in [-0.1, -0.05) is 31.0 Å². The third-order valence-electron chi connectivity index (χ3n) is 7.85. The average Bonchev–Trinajstić information content (AvgIpc) is 3.67. The summed E-state index contributed by atoms with van der Waals surface area (Å²) in [5, 5.41) is 12.2. The molecule has 42 heavy (non-hydrogen) atoms. The Hall–Kier alpha value is -3.22. The summed E-state index contributed by atoms with van der Waals surface area (Å²) in [6.07, 6.45) is 6.67. The van der Waals surface area contributed by atoms with Gasteiger partial charge in [-0.15, -0.1) is 0 Å². The van der Waals surface area contributed by atoms with Gasteiger partial charge in [-0.25, -0.2) is 0 Å². The molecule has 0 radical (unpaired) electrons. The van der Waals surface area contributed by atoms with Crippen LogP contribution in [0.25, 0.3) is 0 Å². The molecule has 3 aliphatic rings. The van der Waals surface area contributed by atoms with Crippen molar-refractivity contribution in [2.75, 3.05) is 52.7 Å². The van der Waals surface area contributed by atoms with Gasteiger partial charge in [-0.3, -0.25) is 19.2 Å². The maximum atomic E-state index is 13.9. The molecule has 12 nitrogen and oxygen atoms in total. The quantitative estimate of drug-likeness (QED) is 0.290. The van der Waals surface area contributed by atoms with E-state index in [2.05, 4.69) is 21.3 Å². The van der Waals surface area contributed by atoms with Crippen molar-refractivity contribution in [3.05, 3.63) is 30.3 Å². The molecule has 4 rings (SSSR count). The first-order valence-corrected chi connectivity index (χ1v) is 15.2. The third-order valence-corrected chi connectivity index (χ3v) is 7.85. The van der Waals surface area contributed by atoms with Crippen molar-refractivity contribution < 1.29 is 33.4 Å². The van der Waals surface area contributed by atoms with Gasteiger partial charge in [0.25, 0.3) is 5.91 Å². The number of nitrogens with one attached hydrogen (secondary N) is 4. The van der Waals surface area contributed by atoms with Crippen LogP contribution in [0.2, 0.25) is 0 Å². The number of ether oxygens (including phenoxy) is 3. The van der Waals surface area contributed by atoms with E-state index < -0.39 is 18.0 Å². The number of rotatable bonds is 10. The first-order chi connectivity index (χ1) is 20.5. The Morgan fingerprint density at radius 1 is 1.00 bits per heavy atom. The second-order valence-corrected chi connectivity index (χ2v) is 11.1. The van der Waals surface area contributed by atoms with Crippen molar-refractivity contribution in [3.63, 3.8) is 0 Å². The predicted molar refractivity (Wildman–Crippen MR) is 155 cm³/mol. The van der Waals surface area contributed by atoms with Gasteiger partial charge in [0.1, 0.15) is 24.4 Å². The highest BCUT2D eigenvalue weighted by molar-refractivity contribution is 5.93. The summed E-state index contributed by atoms with van der Waals surface area (Å²) in [5.74, 6) is -0.484. The van der Waals surface area contributed by atoms with Crippen LogP contribution in [0.5, 0.6) is 5.75 Å². The highest BCUT2D eigenvalue weighted by atomic mass is 16.5. The minimum Gasteiger partial charge on any atom is -0.484 e. The Labute approximate surface area is 247 Å². The maximum Gasteiger partial charge on any atom is 0.257 e. The first-order valence-electron chi connectivity index (χ1n) is 15.2. The van der Waals surface area contributed by atoms with Crippen molar-refractivity contribution in [1.82, 2.24) is 26.2 Å². The van der Waals surface area contributed by atoms with E-state index in [1.165, 1.54) is 12.8 Å². The van der Waals surface area contributed by atoms with Crippen LogP contribution in [0, 0.1) is 0 Å². The zero-order valence-corrected chi connectivity index (χ0v) is 24.3. The summed E-state index contributed by atoms with van der Waals surface area (Å²) in [4.78, 5) is 53.5. The number of nitrogens with zero attached hydrogens (tertiary/aromatic N) is 1. The van der Waals surface area contributed by atoms with Crippen molar-refractivity contribution in [2.45, 2.75) is 75.5 Å². The van der Waals surface area contributed by atoms with E-state index >= 15 is 0 Å². The summed E-state index contributed by atoms with van der Waals surface area (Å²) >= 11 is 0. The fourth-order valence-electron chi connectivity index (χ4n) is 5.74. The smallest absolute Gasteiger partial charge is 0.257 e. The van der Waals surface area contributed by atoms with Gasteiger partial charge in [0, 0.05) is 31.7 Å². The van der Waals surface area contributed by atoms with Gasteiger partial charge in [0.2, 0.25) is 17.7 Å². The second-order valence-electron chi connectivity index (χ2n) is 11.1. The standard InChI is InChI=1S/C30H45N5O7/c36-27(21-42-24-10-2-1-3-11-24)31-13-7-6-12-25-30(39)35-19-23(33-22-8-4-5-9-22)18-26(35)29(38)32-14-15-40-16-17-41-20-28(37)34-25/h1-3,10-11,22-23,25-26,33H,4-9,12-21H2,(H,31,36)(H,32,38)(H,34,37)/t23-,25-,26-/m0/s1. The van der Waals surface area contributed by atoms with Crippen molar-refractivity contribution in [3.8, 4) is 5.75 Å². The number of unbranched alkanes of at least 4 members (excludes halogenated alkanes) is 1. The van der Waals surface area contributed by atoms with Crippen LogP contribution in [0.4, 0.5) is 0 Å². The molecule has 232 valence electrons. The minimum atomic E-state index is -0.805. The molecule has 0 spiro atoms. The van der Waals surface area contributed by atoms with E-state index in [0.29, 0.717) is 70.3 Å². The van der Waals surface area contributed by atoms with Crippen LogP contribution in [0.1, 0.15) is 51.4 Å².